The Morgan fingerprint density at radius 3 is 2.51 bits per heavy atom. The number of nitrogens with one attached hydrogen (secondary N) is 2. The van der Waals surface area contributed by atoms with E-state index in [1.54, 1.807) is 37.4 Å². The lowest BCUT2D eigenvalue weighted by molar-refractivity contribution is -0.353. The molecule has 2 bridgehead atoms. The van der Waals surface area contributed by atoms with Crippen molar-refractivity contribution in [2.75, 3.05) is 13.6 Å². The number of aromatic nitrogens is 1. The number of fused-ring (bicyclic) bond motifs is 4. The smallest absolute Gasteiger partial charge is 0.343 e. The van der Waals surface area contributed by atoms with Crippen LogP contribution in [0, 0.1) is 23.7 Å². The van der Waals surface area contributed by atoms with Crippen molar-refractivity contribution in [2.45, 2.75) is 60.9 Å². The number of aromatic amines is 1. The van der Waals surface area contributed by atoms with Crippen LogP contribution in [0.1, 0.15) is 17.7 Å². The fraction of sp³-hybridized carbons (Fsp3) is 0.372. The fourth-order valence-corrected chi connectivity index (χ4v) is 10.7. The quantitative estimate of drug-likeness (QED) is 0.0902. The summed E-state index contributed by atoms with van der Waals surface area (Å²) in [5.74, 6) is -5.69. The van der Waals surface area contributed by atoms with Crippen molar-refractivity contribution in [1.29, 1.82) is 0 Å². The molecule has 0 radical (unpaired) electrons. The Morgan fingerprint density at radius 2 is 1.76 bits per heavy atom. The molecule has 8 N–H and O–H groups in total. The molecule has 2 aliphatic heterocycles. The number of carbonyl (C=O) groups excluding carboxylic acids is 1. The lowest BCUT2D eigenvalue weighted by Crippen LogP contribution is -2.78. The molecule has 284 valence electrons. The van der Waals surface area contributed by atoms with Crippen LogP contribution >= 0.6 is 0 Å². The van der Waals surface area contributed by atoms with Crippen molar-refractivity contribution in [2.24, 2.45) is 23.7 Å². The molecular formula is C43H42N2O10. The number of hydrogen-bond acceptors (Lipinski definition) is 11. The summed E-state index contributed by atoms with van der Waals surface area (Å²) in [5, 5.41) is 76.6. The van der Waals surface area contributed by atoms with Crippen LogP contribution in [0.25, 0.3) is 32.4 Å². The summed E-state index contributed by atoms with van der Waals surface area (Å²) >= 11 is 0. The van der Waals surface area contributed by atoms with E-state index in [1.807, 2.05) is 54.6 Å². The van der Waals surface area contributed by atoms with Crippen LogP contribution in [-0.4, -0.2) is 96.6 Å². The molecule has 3 heterocycles. The first-order valence-corrected chi connectivity index (χ1v) is 18.8. The van der Waals surface area contributed by atoms with Gasteiger partial charge in [-0.2, -0.15) is 0 Å². The molecule has 12 heteroatoms. The molecule has 11 atom stereocenters. The largest absolute Gasteiger partial charge is 0.508 e. The van der Waals surface area contributed by atoms with Crippen LogP contribution in [0.3, 0.4) is 0 Å². The second-order valence-electron chi connectivity index (χ2n) is 15.9. The van der Waals surface area contributed by atoms with Crippen molar-refractivity contribution in [1.82, 2.24) is 10.3 Å². The van der Waals surface area contributed by atoms with E-state index in [1.165, 1.54) is 6.08 Å². The van der Waals surface area contributed by atoms with Crippen LogP contribution in [0.4, 0.5) is 0 Å². The van der Waals surface area contributed by atoms with Gasteiger partial charge in [0.2, 0.25) is 5.79 Å². The first-order valence-electron chi connectivity index (χ1n) is 18.8. The molecule has 5 aromatic rings. The molecule has 3 fully saturated rings. The number of carbonyl (C=O) groups is 1. The third kappa shape index (κ3) is 4.71. The SMILES string of the molecule is CNC[C@H]1C[C@H]2[C@@H]3C4=C[C@H](O)[C@]5(O)O[C@@H](C(=O)Oc6c(CO)[nH]c7ccc8cc9ccccc9cc8c67)[C@H](O[C@@]2(C=C4)[C@@H](Cc2ccc(O)cc2)[C@@H]1O)[C@]35O. The van der Waals surface area contributed by atoms with Gasteiger partial charge in [-0.3, -0.25) is 0 Å². The van der Waals surface area contributed by atoms with E-state index in [0.717, 1.165) is 27.1 Å². The average Bonchev–Trinajstić information content (AvgIpc) is 3.65. The highest BCUT2D eigenvalue weighted by Crippen LogP contribution is 2.66. The molecule has 1 aromatic heterocycles. The number of esters is 1. The number of ether oxygens (including phenoxy) is 3. The minimum Gasteiger partial charge on any atom is -0.508 e. The van der Waals surface area contributed by atoms with E-state index in [4.69, 9.17) is 14.2 Å². The first kappa shape index (κ1) is 34.8. The zero-order chi connectivity index (χ0) is 38.0. The maximum Gasteiger partial charge on any atom is 0.343 e. The number of aliphatic hydroxyl groups excluding tert-OH is 3. The molecule has 3 aliphatic carbocycles. The van der Waals surface area contributed by atoms with Crippen molar-refractivity contribution in [3.05, 3.63) is 108 Å². The van der Waals surface area contributed by atoms with Crippen molar-refractivity contribution >= 4 is 38.4 Å². The second-order valence-corrected chi connectivity index (χ2v) is 15.9. The predicted octanol–water partition coefficient (Wildman–Crippen LogP) is 3.10. The Balaban J connectivity index is 1.09. The maximum absolute atomic E-state index is 14.6. The number of rotatable bonds is 7. The molecule has 0 unspecified atom stereocenters. The average molecular weight is 747 g/mol. The summed E-state index contributed by atoms with van der Waals surface area (Å²) in [7, 11) is 1.80. The lowest BCUT2D eigenvalue weighted by Gasteiger charge is -2.66. The monoisotopic (exact) mass is 746 g/mol. The topological polar surface area (TPSA) is 194 Å². The molecule has 12 nitrogen and oxygen atoms in total. The number of phenolic OH excluding ortho intramolecular Hbond substituents is 1. The van der Waals surface area contributed by atoms with Gasteiger partial charge in [-0.05, 0) is 94.9 Å². The fourth-order valence-electron chi connectivity index (χ4n) is 10.7. The van der Waals surface area contributed by atoms with Crippen LogP contribution in [0.15, 0.2) is 96.6 Å². The molecule has 55 heavy (non-hydrogen) atoms. The van der Waals surface area contributed by atoms with Crippen LogP contribution in [-0.2, 0) is 27.3 Å². The summed E-state index contributed by atoms with van der Waals surface area (Å²) in [4.78, 5) is 17.8. The van der Waals surface area contributed by atoms with Gasteiger partial charge >= 0.3 is 5.97 Å². The van der Waals surface area contributed by atoms with Gasteiger partial charge in [-0.15, -0.1) is 0 Å². The number of hydrogen-bond donors (Lipinski definition) is 8. The summed E-state index contributed by atoms with van der Waals surface area (Å²) in [5.41, 5.74) is -1.28. The van der Waals surface area contributed by atoms with Crippen molar-refractivity contribution in [3.63, 3.8) is 0 Å². The Hall–Kier alpha value is -4.63. The third-order valence-corrected chi connectivity index (χ3v) is 13.2. The number of H-pyrrole nitrogens is 1. The zero-order valence-electron chi connectivity index (χ0n) is 29.9. The van der Waals surface area contributed by atoms with Gasteiger partial charge in [0, 0.05) is 24.3 Å². The van der Waals surface area contributed by atoms with E-state index < -0.39 is 71.7 Å². The minimum absolute atomic E-state index is 0.0698. The van der Waals surface area contributed by atoms with E-state index in [0.29, 0.717) is 35.9 Å². The molecule has 0 spiro atoms. The summed E-state index contributed by atoms with van der Waals surface area (Å²) < 4.78 is 19.3. The zero-order valence-corrected chi connectivity index (χ0v) is 29.9. The summed E-state index contributed by atoms with van der Waals surface area (Å²) in [6, 6.07) is 22.5. The summed E-state index contributed by atoms with van der Waals surface area (Å²) in [6.07, 6.45) is -0.0747. The van der Waals surface area contributed by atoms with E-state index in [9.17, 15) is 35.4 Å². The second kappa shape index (κ2) is 12.2. The standard InChI is InChI=1S/C43H42N2O10/c1-44-19-26-17-29-35-25-12-13-41(29,30(36(26)49)14-21-6-9-27(47)10-7-21)55-39-38(54-43(52,33(48)18-25)42(35,39)51)40(50)53-37-32(20-46)45-31-11-8-24-15-22-4-2-3-5-23(22)16-28(24)34(31)37/h2-13,15-16,18,26,29-30,33,35-36,38-39,44-49,51-52H,14,17,19-20H2,1H3/t26-,29+,30+,33+,35+,36-,38-,39+,41-,42-,43+/m1/s1. The first-order chi connectivity index (χ1) is 26.5. The Morgan fingerprint density at radius 1 is 1.00 bits per heavy atom. The van der Waals surface area contributed by atoms with Gasteiger partial charge in [0.05, 0.1) is 34.9 Å². The molecule has 1 saturated carbocycles. The number of aromatic hydroxyl groups is 1. The summed E-state index contributed by atoms with van der Waals surface area (Å²) in [6.45, 7) is -0.0161. The normalized spacial score (nSPS) is 35.9. The van der Waals surface area contributed by atoms with Crippen LogP contribution in [0.5, 0.6) is 11.5 Å². The third-order valence-electron chi connectivity index (χ3n) is 13.2. The maximum atomic E-state index is 14.6. The van der Waals surface area contributed by atoms with E-state index in [-0.39, 0.29) is 23.1 Å². The van der Waals surface area contributed by atoms with Gasteiger partial charge in [0.1, 0.15) is 18.0 Å². The number of phenols is 1. The Kier molecular flexibility index (Phi) is 7.72. The minimum atomic E-state index is -2.65. The van der Waals surface area contributed by atoms with Crippen molar-refractivity contribution < 1.29 is 49.6 Å². The number of allylic oxidation sites excluding steroid dienone is 1. The van der Waals surface area contributed by atoms with Crippen LogP contribution in [0.2, 0.25) is 0 Å². The van der Waals surface area contributed by atoms with Gasteiger partial charge < -0.3 is 55.2 Å². The molecule has 5 aliphatic rings. The van der Waals surface area contributed by atoms with Gasteiger partial charge in [0.15, 0.2) is 17.5 Å². The Bertz CT molecular complexity index is 2440. The van der Waals surface area contributed by atoms with Gasteiger partial charge in [0.25, 0.3) is 0 Å². The van der Waals surface area contributed by atoms with E-state index in [2.05, 4.69) is 10.3 Å². The highest BCUT2D eigenvalue weighted by Gasteiger charge is 2.81. The van der Waals surface area contributed by atoms with Gasteiger partial charge in [-0.25, -0.2) is 4.79 Å². The molecule has 10 rings (SSSR count). The van der Waals surface area contributed by atoms with Gasteiger partial charge in [-0.1, -0.05) is 54.6 Å². The molecular weight excluding hydrogens is 704 g/mol. The van der Waals surface area contributed by atoms with Crippen LogP contribution < -0.4 is 10.1 Å². The number of benzene rings is 4. The predicted molar refractivity (Wildman–Crippen MR) is 201 cm³/mol. The van der Waals surface area contributed by atoms with E-state index >= 15 is 0 Å². The highest BCUT2D eigenvalue weighted by atomic mass is 16.7. The van der Waals surface area contributed by atoms with Crippen molar-refractivity contribution in [3.8, 4) is 11.5 Å². The highest BCUT2D eigenvalue weighted by molar-refractivity contribution is 6.14. The molecule has 2 saturated heterocycles. The molecule has 0 amide bonds. The molecule has 4 aromatic carbocycles. The lowest BCUT2D eigenvalue weighted by atomic mass is 9.48. The Labute approximate surface area is 315 Å². The number of aliphatic hydroxyl groups is 5.